The van der Waals surface area contributed by atoms with Crippen molar-refractivity contribution in [1.29, 1.82) is 0 Å². The zero-order valence-corrected chi connectivity index (χ0v) is 12.0. The van der Waals surface area contributed by atoms with E-state index in [9.17, 15) is 0 Å². The second kappa shape index (κ2) is 5.53. The van der Waals surface area contributed by atoms with Gasteiger partial charge in [-0.15, -0.1) is 11.3 Å². The Hall–Kier alpha value is -0.340. The average Bonchev–Trinajstić information content (AvgIpc) is 2.76. The van der Waals surface area contributed by atoms with Crippen LogP contribution >= 0.6 is 11.3 Å². The van der Waals surface area contributed by atoms with Crippen molar-refractivity contribution >= 4 is 11.3 Å². The monoisotopic (exact) mass is 251 g/mol. The number of thiophene rings is 1. The Morgan fingerprint density at radius 2 is 2.12 bits per heavy atom. The summed E-state index contributed by atoms with van der Waals surface area (Å²) in [5.74, 6) is 0.861. The Morgan fingerprint density at radius 1 is 1.35 bits per heavy atom. The highest BCUT2D eigenvalue weighted by atomic mass is 32.1. The zero-order valence-electron chi connectivity index (χ0n) is 11.2. The van der Waals surface area contributed by atoms with Crippen molar-refractivity contribution in [3.8, 4) is 0 Å². The molecule has 2 atom stereocenters. The lowest BCUT2D eigenvalue weighted by Crippen LogP contribution is -2.46. The van der Waals surface area contributed by atoms with Gasteiger partial charge in [-0.05, 0) is 43.7 Å². The number of nitrogens with two attached hydrogens (primary N) is 1. The van der Waals surface area contributed by atoms with Gasteiger partial charge in [0.2, 0.25) is 0 Å². The number of hydrogen-bond donors (Lipinski definition) is 1. The molecular weight excluding hydrogens is 226 g/mol. The van der Waals surface area contributed by atoms with Crippen LogP contribution in [0.25, 0.3) is 0 Å². The van der Waals surface area contributed by atoms with Gasteiger partial charge < -0.3 is 5.73 Å². The van der Waals surface area contributed by atoms with Crippen molar-refractivity contribution in [2.24, 2.45) is 11.7 Å². The molecule has 0 bridgehead atoms. The molecule has 0 saturated heterocycles. The molecule has 1 aliphatic rings. The van der Waals surface area contributed by atoms with E-state index >= 15 is 0 Å². The first-order valence-electron chi connectivity index (χ1n) is 7.01. The SMILES string of the molecule is CCc1ccc(CC2(N)CCCC(CC)C2)s1. The number of hydrogen-bond acceptors (Lipinski definition) is 2. The predicted octanol–water partition coefficient (Wildman–Crippen LogP) is 4.15. The second-order valence-electron chi connectivity index (χ2n) is 5.63. The normalized spacial score (nSPS) is 29.5. The first kappa shape index (κ1) is 13.1. The number of rotatable bonds is 4. The molecule has 0 amide bonds. The van der Waals surface area contributed by atoms with Crippen LogP contribution in [0.1, 0.15) is 55.7 Å². The van der Waals surface area contributed by atoms with Gasteiger partial charge in [0.15, 0.2) is 0 Å². The minimum atomic E-state index is 0.0782. The minimum Gasteiger partial charge on any atom is -0.325 e. The van der Waals surface area contributed by atoms with Crippen LogP contribution in [0.15, 0.2) is 12.1 Å². The quantitative estimate of drug-likeness (QED) is 0.854. The van der Waals surface area contributed by atoms with Crippen LogP contribution in [0.5, 0.6) is 0 Å². The molecule has 1 heterocycles. The highest BCUT2D eigenvalue weighted by Crippen LogP contribution is 2.35. The summed E-state index contributed by atoms with van der Waals surface area (Å²) in [6.07, 6.45) is 8.68. The summed E-state index contributed by atoms with van der Waals surface area (Å²) in [6, 6.07) is 4.55. The van der Waals surface area contributed by atoms with Gasteiger partial charge in [0.1, 0.15) is 0 Å². The Kier molecular flexibility index (Phi) is 4.26. The van der Waals surface area contributed by atoms with Crippen LogP contribution in [-0.4, -0.2) is 5.54 Å². The second-order valence-corrected chi connectivity index (χ2v) is 6.88. The largest absolute Gasteiger partial charge is 0.325 e. The van der Waals surface area contributed by atoms with Crippen molar-refractivity contribution in [2.75, 3.05) is 0 Å². The molecule has 1 aliphatic carbocycles. The van der Waals surface area contributed by atoms with E-state index in [1.165, 1.54) is 41.9 Å². The Bertz CT molecular complexity index is 358. The minimum absolute atomic E-state index is 0.0782. The molecule has 1 nitrogen and oxygen atoms in total. The maximum Gasteiger partial charge on any atom is 0.0205 e. The Labute approximate surface area is 109 Å². The summed E-state index contributed by atoms with van der Waals surface area (Å²) < 4.78 is 0. The lowest BCUT2D eigenvalue weighted by atomic mass is 9.73. The van der Waals surface area contributed by atoms with E-state index in [1.54, 1.807) is 0 Å². The van der Waals surface area contributed by atoms with E-state index in [2.05, 4.69) is 26.0 Å². The van der Waals surface area contributed by atoms with E-state index < -0.39 is 0 Å². The molecule has 0 aliphatic heterocycles. The molecule has 2 unspecified atom stereocenters. The molecule has 0 aromatic carbocycles. The van der Waals surface area contributed by atoms with E-state index in [4.69, 9.17) is 5.73 Å². The molecule has 2 rings (SSSR count). The van der Waals surface area contributed by atoms with Crippen LogP contribution < -0.4 is 5.73 Å². The molecule has 1 aromatic heterocycles. The van der Waals surface area contributed by atoms with Gasteiger partial charge in [-0.1, -0.05) is 33.1 Å². The topological polar surface area (TPSA) is 26.0 Å². The fourth-order valence-electron chi connectivity index (χ4n) is 3.09. The van der Waals surface area contributed by atoms with Crippen molar-refractivity contribution in [3.63, 3.8) is 0 Å². The zero-order chi connectivity index (χ0) is 12.3. The molecule has 17 heavy (non-hydrogen) atoms. The molecule has 1 saturated carbocycles. The predicted molar refractivity (Wildman–Crippen MR) is 76.6 cm³/mol. The maximum atomic E-state index is 6.61. The molecule has 2 N–H and O–H groups in total. The molecule has 0 radical (unpaired) electrons. The van der Waals surface area contributed by atoms with E-state index in [1.807, 2.05) is 11.3 Å². The molecule has 96 valence electrons. The van der Waals surface area contributed by atoms with Crippen LogP contribution in [0.3, 0.4) is 0 Å². The Morgan fingerprint density at radius 3 is 2.76 bits per heavy atom. The van der Waals surface area contributed by atoms with Crippen LogP contribution in [-0.2, 0) is 12.8 Å². The standard InChI is InChI=1S/C15H25NS/c1-3-12-6-5-9-15(16,10-12)11-14-8-7-13(4-2)17-14/h7-8,12H,3-6,9-11,16H2,1-2H3. The third-order valence-corrected chi connectivity index (χ3v) is 5.38. The first-order chi connectivity index (χ1) is 8.15. The van der Waals surface area contributed by atoms with Gasteiger partial charge in [-0.3, -0.25) is 0 Å². The highest BCUT2D eigenvalue weighted by molar-refractivity contribution is 7.12. The highest BCUT2D eigenvalue weighted by Gasteiger charge is 2.32. The fraction of sp³-hybridized carbons (Fsp3) is 0.733. The van der Waals surface area contributed by atoms with Gasteiger partial charge in [0.25, 0.3) is 0 Å². The van der Waals surface area contributed by atoms with E-state index in [0.29, 0.717) is 0 Å². The molecule has 1 fully saturated rings. The van der Waals surface area contributed by atoms with Gasteiger partial charge in [-0.2, -0.15) is 0 Å². The maximum absolute atomic E-state index is 6.61. The average molecular weight is 251 g/mol. The lowest BCUT2D eigenvalue weighted by molar-refractivity contribution is 0.219. The summed E-state index contributed by atoms with van der Waals surface area (Å²) in [5.41, 5.74) is 6.69. The van der Waals surface area contributed by atoms with Crippen molar-refractivity contribution in [1.82, 2.24) is 0 Å². The summed E-state index contributed by atoms with van der Waals surface area (Å²) in [6.45, 7) is 4.53. The number of aryl methyl sites for hydroxylation is 1. The van der Waals surface area contributed by atoms with Gasteiger partial charge >= 0.3 is 0 Å². The molecule has 1 aromatic rings. The summed E-state index contributed by atoms with van der Waals surface area (Å²) >= 11 is 1.95. The molecule has 2 heteroatoms. The third kappa shape index (κ3) is 3.32. The van der Waals surface area contributed by atoms with E-state index in [-0.39, 0.29) is 5.54 Å². The third-order valence-electron chi connectivity index (χ3n) is 4.15. The van der Waals surface area contributed by atoms with Crippen LogP contribution in [0, 0.1) is 5.92 Å². The first-order valence-corrected chi connectivity index (χ1v) is 7.83. The summed E-state index contributed by atoms with van der Waals surface area (Å²) in [4.78, 5) is 2.98. The molecule has 0 spiro atoms. The van der Waals surface area contributed by atoms with Gasteiger partial charge in [-0.25, -0.2) is 0 Å². The Balaban J connectivity index is 2.00. The summed E-state index contributed by atoms with van der Waals surface area (Å²) in [5, 5.41) is 0. The van der Waals surface area contributed by atoms with E-state index in [0.717, 1.165) is 18.8 Å². The fourth-order valence-corrected chi connectivity index (χ4v) is 4.20. The molecular formula is C15H25NS. The van der Waals surface area contributed by atoms with Crippen LogP contribution in [0.2, 0.25) is 0 Å². The lowest BCUT2D eigenvalue weighted by Gasteiger charge is -2.37. The van der Waals surface area contributed by atoms with Crippen molar-refractivity contribution in [2.45, 2.75) is 64.3 Å². The van der Waals surface area contributed by atoms with Crippen LogP contribution in [0.4, 0.5) is 0 Å². The van der Waals surface area contributed by atoms with Crippen molar-refractivity contribution in [3.05, 3.63) is 21.9 Å². The van der Waals surface area contributed by atoms with Crippen molar-refractivity contribution < 1.29 is 0 Å². The smallest absolute Gasteiger partial charge is 0.0205 e. The summed E-state index contributed by atoms with van der Waals surface area (Å²) in [7, 11) is 0. The van der Waals surface area contributed by atoms with Gasteiger partial charge in [0.05, 0.1) is 0 Å². The van der Waals surface area contributed by atoms with Gasteiger partial charge in [0, 0.05) is 15.3 Å².